The van der Waals surface area contributed by atoms with E-state index in [1.165, 1.54) is 0 Å². The molecular weight excluding hydrogens is 206 g/mol. The lowest BCUT2D eigenvalue weighted by Crippen LogP contribution is -2.28. The summed E-state index contributed by atoms with van der Waals surface area (Å²) in [5.74, 6) is 0.903. The first-order valence-electron chi connectivity index (χ1n) is 5.23. The van der Waals surface area contributed by atoms with Crippen LogP contribution in [0.25, 0.3) is 0 Å². The Morgan fingerprint density at radius 3 is 2.81 bits per heavy atom. The van der Waals surface area contributed by atoms with E-state index in [0.29, 0.717) is 11.4 Å². The first-order valence-corrected chi connectivity index (χ1v) is 5.23. The molecule has 0 saturated heterocycles. The van der Waals surface area contributed by atoms with E-state index in [4.69, 9.17) is 9.84 Å². The molecule has 2 N–H and O–H groups in total. The predicted octanol–water partition coefficient (Wildman–Crippen LogP) is 3.05. The highest BCUT2D eigenvalue weighted by atomic mass is 16.5. The van der Waals surface area contributed by atoms with Gasteiger partial charge in [-0.05, 0) is 19.9 Å². The number of fused-ring (bicyclic) bond motifs is 1. The fourth-order valence-corrected chi connectivity index (χ4v) is 1.95. The average molecular weight is 221 g/mol. The van der Waals surface area contributed by atoms with E-state index < -0.39 is 6.09 Å². The number of carbonyl (C=O) groups is 1. The number of nitrogens with one attached hydrogen (secondary N) is 1. The number of carboxylic acid groups (broad SMARTS) is 1. The molecule has 0 saturated carbocycles. The first-order chi connectivity index (χ1) is 7.42. The van der Waals surface area contributed by atoms with E-state index in [2.05, 4.69) is 12.2 Å². The average Bonchev–Trinajstić information content (AvgIpc) is 2.40. The van der Waals surface area contributed by atoms with Crippen molar-refractivity contribution in [3.8, 4) is 5.75 Å². The molecule has 0 aliphatic carbocycles. The number of para-hydroxylation sites is 1. The zero-order valence-electron chi connectivity index (χ0n) is 9.57. The van der Waals surface area contributed by atoms with E-state index in [-0.39, 0.29) is 11.5 Å². The maximum atomic E-state index is 10.6. The van der Waals surface area contributed by atoms with E-state index in [0.717, 1.165) is 5.56 Å². The molecule has 0 spiro atoms. The van der Waals surface area contributed by atoms with Gasteiger partial charge in [-0.25, -0.2) is 4.79 Å². The molecule has 86 valence electrons. The molecule has 1 amide bonds. The highest BCUT2D eigenvalue weighted by Gasteiger charge is 2.39. The van der Waals surface area contributed by atoms with Gasteiger partial charge in [-0.2, -0.15) is 0 Å². The standard InChI is InChI=1S/C12H15NO3/c1-7-8-5-4-6-9(13-11(14)15)10(8)16-12(7,2)3/h4-7,13H,1-3H3,(H,14,15). The molecule has 1 unspecified atom stereocenters. The monoisotopic (exact) mass is 221 g/mol. The normalized spacial score (nSPS) is 21.1. The van der Waals surface area contributed by atoms with Crippen molar-refractivity contribution in [1.29, 1.82) is 0 Å². The van der Waals surface area contributed by atoms with Gasteiger partial charge < -0.3 is 9.84 Å². The smallest absolute Gasteiger partial charge is 0.409 e. The van der Waals surface area contributed by atoms with Crippen LogP contribution in [0.5, 0.6) is 5.75 Å². The topological polar surface area (TPSA) is 58.6 Å². The van der Waals surface area contributed by atoms with Crippen LogP contribution in [0.15, 0.2) is 18.2 Å². The highest BCUT2D eigenvalue weighted by Crippen LogP contribution is 2.47. The number of rotatable bonds is 1. The number of hydrogen-bond acceptors (Lipinski definition) is 2. The lowest BCUT2D eigenvalue weighted by molar-refractivity contribution is 0.116. The van der Waals surface area contributed by atoms with E-state index in [1.54, 1.807) is 6.07 Å². The summed E-state index contributed by atoms with van der Waals surface area (Å²) in [7, 11) is 0. The van der Waals surface area contributed by atoms with Crippen LogP contribution < -0.4 is 10.1 Å². The maximum Gasteiger partial charge on any atom is 0.409 e. The minimum Gasteiger partial charge on any atom is -0.485 e. The molecular formula is C12H15NO3. The zero-order chi connectivity index (χ0) is 11.9. The molecule has 0 fully saturated rings. The van der Waals surface area contributed by atoms with Crippen molar-refractivity contribution in [2.75, 3.05) is 5.32 Å². The molecule has 1 aromatic carbocycles. The summed E-state index contributed by atoms with van der Waals surface area (Å²) >= 11 is 0. The van der Waals surface area contributed by atoms with Crippen molar-refractivity contribution in [3.63, 3.8) is 0 Å². The molecule has 0 aromatic heterocycles. The fourth-order valence-electron chi connectivity index (χ4n) is 1.95. The lowest BCUT2D eigenvalue weighted by atomic mass is 9.89. The number of amides is 1. The molecule has 1 aliphatic rings. The Hall–Kier alpha value is -1.71. The summed E-state index contributed by atoms with van der Waals surface area (Å²) in [6.07, 6.45) is -1.07. The maximum absolute atomic E-state index is 10.6. The first kappa shape index (κ1) is 10.8. The van der Waals surface area contributed by atoms with Crippen LogP contribution in [-0.2, 0) is 0 Å². The quantitative estimate of drug-likeness (QED) is 0.766. The molecule has 1 atom stereocenters. The molecule has 4 heteroatoms. The largest absolute Gasteiger partial charge is 0.485 e. The Morgan fingerprint density at radius 2 is 2.19 bits per heavy atom. The van der Waals surface area contributed by atoms with Gasteiger partial charge in [0.2, 0.25) is 0 Å². The Labute approximate surface area is 94.2 Å². The number of hydrogen-bond donors (Lipinski definition) is 2. The Morgan fingerprint density at radius 1 is 1.50 bits per heavy atom. The summed E-state index contributed by atoms with van der Waals surface area (Å²) in [6.45, 7) is 6.08. The van der Waals surface area contributed by atoms with Gasteiger partial charge in [0.25, 0.3) is 0 Å². The summed E-state index contributed by atoms with van der Waals surface area (Å²) in [6, 6.07) is 5.52. The fraction of sp³-hybridized carbons (Fsp3) is 0.417. The molecule has 0 radical (unpaired) electrons. The Kier molecular flexibility index (Phi) is 2.30. The summed E-state index contributed by atoms with van der Waals surface area (Å²) in [5, 5.41) is 11.1. The number of benzene rings is 1. The van der Waals surface area contributed by atoms with Crippen molar-refractivity contribution >= 4 is 11.8 Å². The van der Waals surface area contributed by atoms with Gasteiger partial charge >= 0.3 is 6.09 Å². The van der Waals surface area contributed by atoms with Gasteiger partial charge in [-0.1, -0.05) is 19.1 Å². The van der Waals surface area contributed by atoms with Gasteiger partial charge in [0.1, 0.15) is 11.4 Å². The van der Waals surface area contributed by atoms with Crippen molar-refractivity contribution in [1.82, 2.24) is 0 Å². The van der Waals surface area contributed by atoms with Crippen LogP contribution in [0.1, 0.15) is 32.3 Å². The molecule has 2 rings (SSSR count). The van der Waals surface area contributed by atoms with Gasteiger partial charge in [0.15, 0.2) is 0 Å². The minimum atomic E-state index is -1.07. The second-order valence-corrected chi connectivity index (χ2v) is 4.58. The van der Waals surface area contributed by atoms with Gasteiger partial charge in [0, 0.05) is 11.5 Å². The second-order valence-electron chi connectivity index (χ2n) is 4.58. The lowest BCUT2D eigenvalue weighted by Gasteiger charge is -2.23. The molecule has 1 heterocycles. The number of anilines is 1. The van der Waals surface area contributed by atoms with Crippen molar-refractivity contribution in [3.05, 3.63) is 23.8 Å². The molecule has 1 aliphatic heterocycles. The van der Waals surface area contributed by atoms with Crippen LogP contribution in [-0.4, -0.2) is 16.8 Å². The molecule has 1 aromatic rings. The van der Waals surface area contributed by atoms with Crippen LogP contribution in [0, 0.1) is 0 Å². The van der Waals surface area contributed by atoms with E-state index >= 15 is 0 Å². The van der Waals surface area contributed by atoms with E-state index in [9.17, 15) is 4.79 Å². The molecule has 4 nitrogen and oxygen atoms in total. The zero-order valence-corrected chi connectivity index (χ0v) is 9.57. The highest BCUT2D eigenvalue weighted by molar-refractivity contribution is 5.86. The van der Waals surface area contributed by atoms with Gasteiger partial charge in [-0.3, -0.25) is 5.32 Å². The SMILES string of the molecule is CC1c2cccc(NC(=O)O)c2OC1(C)C. The third kappa shape index (κ3) is 1.60. The van der Waals surface area contributed by atoms with Crippen LogP contribution in [0.4, 0.5) is 10.5 Å². The van der Waals surface area contributed by atoms with Crippen LogP contribution >= 0.6 is 0 Å². The summed E-state index contributed by atoms with van der Waals surface area (Å²) in [4.78, 5) is 10.6. The third-order valence-corrected chi connectivity index (χ3v) is 3.16. The van der Waals surface area contributed by atoms with Gasteiger partial charge in [-0.15, -0.1) is 0 Å². The Balaban J connectivity index is 2.45. The second kappa shape index (κ2) is 3.40. The van der Waals surface area contributed by atoms with Crippen LogP contribution in [0.2, 0.25) is 0 Å². The summed E-state index contributed by atoms with van der Waals surface area (Å²) in [5.41, 5.74) is 1.28. The van der Waals surface area contributed by atoms with E-state index in [1.807, 2.05) is 26.0 Å². The van der Waals surface area contributed by atoms with Gasteiger partial charge in [0.05, 0.1) is 5.69 Å². The Bertz CT molecular complexity index is 440. The molecule has 0 bridgehead atoms. The number of ether oxygens (including phenoxy) is 1. The molecule has 16 heavy (non-hydrogen) atoms. The third-order valence-electron chi connectivity index (χ3n) is 3.16. The minimum absolute atomic E-state index is 0.248. The summed E-state index contributed by atoms with van der Waals surface area (Å²) < 4.78 is 5.81. The predicted molar refractivity (Wildman–Crippen MR) is 61.2 cm³/mol. The van der Waals surface area contributed by atoms with Crippen LogP contribution in [0.3, 0.4) is 0 Å². The van der Waals surface area contributed by atoms with Crippen molar-refractivity contribution in [2.24, 2.45) is 0 Å². The van der Waals surface area contributed by atoms with Crippen molar-refractivity contribution in [2.45, 2.75) is 32.3 Å². The van der Waals surface area contributed by atoms with Crippen molar-refractivity contribution < 1.29 is 14.6 Å².